The summed E-state index contributed by atoms with van der Waals surface area (Å²) in [5.41, 5.74) is 1.54. The molecule has 8 nitrogen and oxygen atoms in total. The van der Waals surface area contributed by atoms with Crippen LogP contribution in [0.1, 0.15) is 37.7 Å². The summed E-state index contributed by atoms with van der Waals surface area (Å²) in [6.07, 6.45) is 10.7. The molecule has 182 valence electrons. The fourth-order valence-electron chi connectivity index (χ4n) is 4.81. The lowest BCUT2D eigenvalue weighted by Gasteiger charge is -2.47. The molecule has 4 heterocycles. The van der Waals surface area contributed by atoms with Gasteiger partial charge in [0.1, 0.15) is 5.82 Å². The van der Waals surface area contributed by atoms with Crippen molar-refractivity contribution in [2.45, 2.75) is 37.0 Å². The second kappa shape index (κ2) is 10.1. The Balaban J connectivity index is 1.04. The van der Waals surface area contributed by atoms with E-state index in [-0.39, 0.29) is 5.92 Å². The molecule has 9 heteroatoms. The molecule has 3 fully saturated rings. The van der Waals surface area contributed by atoms with Gasteiger partial charge in [0.2, 0.25) is 11.9 Å². The van der Waals surface area contributed by atoms with Crippen molar-refractivity contribution >= 4 is 29.4 Å². The highest BCUT2D eigenvalue weighted by Crippen LogP contribution is 2.49. The van der Waals surface area contributed by atoms with E-state index in [1.54, 1.807) is 11.8 Å². The van der Waals surface area contributed by atoms with Gasteiger partial charge in [0.25, 0.3) is 0 Å². The van der Waals surface area contributed by atoms with E-state index >= 15 is 0 Å². The Morgan fingerprint density at radius 1 is 1.15 bits per heavy atom. The number of anilines is 2. The maximum Gasteiger partial charge on any atom is 0.226 e. The number of carbonyl (C=O) groups excluding carboxylic acids is 1. The van der Waals surface area contributed by atoms with Gasteiger partial charge in [0, 0.05) is 61.0 Å². The Morgan fingerprint density at radius 3 is 2.50 bits per heavy atom. The molecule has 1 saturated carbocycles. The first-order chi connectivity index (χ1) is 16.5. The minimum atomic E-state index is 0.130. The zero-order valence-electron chi connectivity index (χ0n) is 20.0. The van der Waals surface area contributed by atoms with Crippen LogP contribution in [0.15, 0.2) is 35.6 Å². The summed E-state index contributed by atoms with van der Waals surface area (Å²) in [5, 5.41) is 6.69. The monoisotopic (exact) mass is 482 g/mol. The van der Waals surface area contributed by atoms with Crippen molar-refractivity contribution in [2.24, 2.45) is 17.3 Å². The van der Waals surface area contributed by atoms with Crippen LogP contribution in [0.25, 0.3) is 0 Å². The number of thioether (sulfide) groups is 1. The summed E-state index contributed by atoms with van der Waals surface area (Å²) in [6, 6.07) is 4.15. The van der Waals surface area contributed by atoms with E-state index in [4.69, 9.17) is 4.74 Å². The van der Waals surface area contributed by atoms with E-state index in [1.807, 2.05) is 30.9 Å². The third kappa shape index (κ3) is 5.30. The molecule has 1 spiro atoms. The normalized spacial score (nSPS) is 23.8. The molecule has 2 aromatic heterocycles. The number of likely N-dealkylation sites (tertiary alicyclic amines) is 1. The summed E-state index contributed by atoms with van der Waals surface area (Å²) in [5.74, 6) is 2.68. The lowest BCUT2D eigenvalue weighted by molar-refractivity contribution is -0.153. The van der Waals surface area contributed by atoms with Crippen LogP contribution in [-0.2, 0) is 9.53 Å². The van der Waals surface area contributed by atoms with E-state index in [0.29, 0.717) is 29.1 Å². The van der Waals surface area contributed by atoms with E-state index in [9.17, 15) is 4.79 Å². The van der Waals surface area contributed by atoms with Gasteiger partial charge in [-0.05, 0) is 49.0 Å². The molecule has 2 saturated heterocycles. The second-order valence-electron chi connectivity index (χ2n) is 10.1. The molecule has 2 N–H and O–H groups in total. The highest BCUT2D eigenvalue weighted by Gasteiger charge is 2.48. The molecule has 1 amide bonds. The van der Waals surface area contributed by atoms with E-state index in [2.05, 4.69) is 43.5 Å². The van der Waals surface area contributed by atoms with Crippen molar-refractivity contribution in [1.82, 2.24) is 19.9 Å². The van der Waals surface area contributed by atoms with Crippen LogP contribution in [0.3, 0.4) is 0 Å². The average Bonchev–Trinajstić information content (AvgIpc) is 3.66. The number of carbonyl (C=O) groups is 1. The van der Waals surface area contributed by atoms with Crippen molar-refractivity contribution in [3.63, 3.8) is 0 Å². The maximum absolute atomic E-state index is 12.9. The van der Waals surface area contributed by atoms with Crippen LogP contribution < -0.4 is 10.6 Å². The van der Waals surface area contributed by atoms with Crippen molar-refractivity contribution in [3.8, 4) is 0 Å². The maximum atomic E-state index is 12.9. The number of amides is 1. The van der Waals surface area contributed by atoms with Crippen molar-refractivity contribution in [2.75, 3.05) is 56.3 Å². The predicted octanol–water partition coefficient (Wildman–Crippen LogP) is 3.50. The number of rotatable bonds is 9. The van der Waals surface area contributed by atoms with Gasteiger partial charge in [-0.2, -0.15) is 0 Å². The van der Waals surface area contributed by atoms with Crippen LogP contribution in [0.2, 0.25) is 0 Å². The Hall–Kier alpha value is -2.39. The molecular formula is C25H34N6O2S. The Bertz CT molecular complexity index is 972. The molecule has 0 bridgehead atoms. The van der Waals surface area contributed by atoms with Gasteiger partial charge < -0.3 is 20.3 Å². The van der Waals surface area contributed by atoms with Gasteiger partial charge >= 0.3 is 0 Å². The van der Waals surface area contributed by atoms with Gasteiger partial charge in [0.05, 0.1) is 13.2 Å². The van der Waals surface area contributed by atoms with E-state index < -0.39 is 0 Å². The fourth-order valence-corrected chi connectivity index (χ4v) is 5.13. The molecule has 5 rings (SSSR count). The lowest BCUT2D eigenvalue weighted by atomic mass is 9.77. The number of hydrogen-bond acceptors (Lipinski definition) is 8. The Labute approximate surface area is 205 Å². The molecule has 3 aliphatic rings. The van der Waals surface area contributed by atoms with Crippen LogP contribution >= 0.6 is 11.8 Å². The first-order valence-corrected chi connectivity index (χ1v) is 13.4. The van der Waals surface area contributed by atoms with Gasteiger partial charge in [-0.3, -0.25) is 4.79 Å². The summed E-state index contributed by atoms with van der Waals surface area (Å²) >= 11 is 1.63. The van der Waals surface area contributed by atoms with Crippen molar-refractivity contribution in [1.29, 1.82) is 0 Å². The van der Waals surface area contributed by atoms with Crippen LogP contribution in [0, 0.1) is 17.3 Å². The molecule has 34 heavy (non-hydrogen) atoms. The smallest absolute Gasteiger partial charge is 0.226 e. The average molecular weight is 483 g/mol. The SMILES string of the molecule is CSc1cnc(NC[C@H](C)CNc2ccc([C@H]3C[C@@H]3C(=O)N3CCC4(CC3)COC4)cn2)nc1. The zero-order chi connectivity index (χ0) is 23.5. The predicted molar refractivity (Wildman–Crippen MR) is 134 cm³/mol. The number of hydrogen-bond donors (Lipinski definition) is 2. The number of aromatic nitrogens is 3. The second-order valence-corrected chi connectivity index (χ2v) is 10.9. The quantitative estimate of drug-likeness (QED) is 0.525. The van der Waals surface area contributed by atoms with Gasteiger partial charge in [-0.1, -0.05) is 13.0 Å². The number of nitrogens with zero attached hydrogens (tertiary/aromatic N) is 4. The Kier molecular flexibility index (Phi) is 6.92. The summed E-state index contributed by atoms with van der Waals surface area (Å²) in [6.45, 7) is 7.27. The highest BCUT2D eigenvalue weighted by molar-refractivity contribution is 7.98. The van der Waals surface area contributed by atoms with Gasteiger partial charge in [-0.15, -0.1) is 11.8 Å². The minimum absolute atomic E-state index is 0.130. The molecule has 3 atom stereocenters. The third-order valence-corrected chi connectivity index (χ3v) is 8.06. The van der Waals surface area contributed by atoms with E-state index in [1.165, 1.54) is 5.56 Å². The van der Waals surface area contributed by atoms with E-state index in [0.717, 1.165) is 69.4 Å². The van der Waals surface area contributed by atoms with Crippen LogP contribution in [0.5, 0.6) is 0 Å². The standard InChI is InChI=1S/C25H34N6O2S/c1-17(11-28-24-29-13-19(34-2)14-30-24)10-26-22-4-3-18(12-27-22)20-9-21(20)23(32)31-7-5-25(6-8-31)15-33-16-25/h3-4,12-14,17,20-21H,5-11,15-16H2,1-2H3,(H,26,27)(H,28,29,30)/t17-,20-,21+/m1/s1. The first-order valence-electron chi connectivity index (χ1n) is 12.2. The topological polar surface area (TPSA) is 92.3 Å². The molecule has 2 aliphatic heterocycles. The molecule has 1 aliphatic carbocycles. The number of nitrogens with one attached hydrogen (secondary N) is 2. The molecule has 0 aromatic carbocycles. The fraction of sp³-hybridized carbons (Fsp3) is 0.600. The van der Waals surface area contributed by atoms with Crippen molar-refractivity contribution < 1.29 is 9.53 Å². The zero-order valence-corrected chi connectivity index (χ0v) is 20.8. The van der Waals surface area contributed by atoms with Gasteiger partial charge in [-0.25, -0.2) is 15.0 Å². The lowest BCUT2D eigenvalue weighted by Crippen LogP contribution is -2.52. The number of ether oxygens (including phenoxy) is 1. The van der Waals surface area contributed by atoms with Gasteiger partial charge in [0.15, 0.2) is 0 Å². The minimum Gasteiger partial charge on any atom is -0.380 e. The number of pyridine rings is 1. The highest BCUT2D eigenvalue weighted by atomic mass is 32.2. The summed E-state index contributed by atoms with van der Waals surface area (Å²) in [7, 11) is 0. The molecule has 0 unspecified atom stereocenters. The Morgan fingerprint density at radius 2 is 1.88 bits per heavy atom. The summed E-state index contributed by atoms with van der Waals surface area (Å²) < 4.78 is 5.40. The van der Waals surface area contributed by atoms with Crippen molar-refractivity contribution in [3.05, 3.63) is 36.3 Å². The van der Waals surface area contributed by atoms with Crippen LogP contribution in [-0.4, -0.2) is 71.4 Å². The van der Waals surface area contributed by atoms with Crippen LogP contribution in [0.4, 0.5) is 11.8 Å². The molecular weight excluding hydrogens is 448 g/mol. The third-order valence-electron chi connectivity index (χ3n) is 7.38. The molecule has 2 aromatic rings. The largest absolute Gasteiger partial charge is 0.380 e. The number of piperidine rings is 1. The molecule has 0 radical (unpaired) electrons. The first kappa shape index (κ1) is 23.4. The summed E-state index contributed by atoms with van der Waals surface area (Å²) in [4.78, 5) is 29.3.